The summed E-state index contributed by atoms with van der Waals surface area (Å²) in [6.07, 6.45) is 6.38. The van der Waals surface area contributed by atoms with Crippen LogP contribution in [0.2, 0.25) is 0 Å². The summed E-state index contributed by atoms with van der Waals surface area (Å²) in [5.41, 5.74) is 1.14. The van der Waals surface area contributed by atoms with Crippen LogP contribution in [0.3, 0.4) is 0 Å². The molecule has 2 aliphatic heterocycles. The van der Waals surface area contributed by atoms with E-state index in [9.17, 15) is 9.65 Å². The number of nitrogens with zero attached hydrogens (tertiary/aromatic N) is 4. The van der Waals surface area contributed by atoms with Crippen LogP contribution in [0.4, 0.5) is 21.8 Å². The summed E-state index contributed by atoms with van der Waals surface area (Å²) in [6, 6.07) is 8.11. The molecule has 3 unspecified atom stereocenters. The Kier molecular flexibility index (Phi) is 6.71. The Morgan fingerprint density at radius 3 is 2.97 bits per heavy atom. The molecule has 3 heterocycles. The van der Waals surface area contributed by atoms with Crippen molar-refractivity contribution in [2.75, 3.05) is 17.2 Å². The van der Waals surface area contributed by atoms with Crippen molar-refractivity contribution < 1.29 is 9.13 Å². The highest BCUT2D eigenvalue weighted by Gasteiger charge is 2.43. The van der Waals surface area contributed by atoms with Crippen molar-refractivity contribution in [3.8, 4) is 11.8 Å². The zero-order valence-electron chi connectivity index (χ0n) is 19.9. The van der Waals surface area contributed by atoms with Gasteiger partial charge >= 0.3 is 0 Å². The monoisotopic (exact) mass is 452 g/mol. The molecule has 0 saturated carbocycles. The Morgan fingerprint density at radius 2 is 2.21 bits per heavy atom. The first-order chi connectivity index (χ1) is 15.8. The lowest BCUT2D eigenvalue weighted by Gasteiger charge is -2.47. The van der Waals surface area contributed by atoms with Gasteiger partial charge in [0.1, 0.15) is 11.8 Å². The molecule has 4 rings (SSSR count). The van der Waals surface area contributed by atoms with Crippen LogP contribution < -0.4 is 15.4 Å². The van der Waals surface area contributed by atoms with E-state index in [0.29, 0.717) is 23.0 Å². The van der Waals surface area contributed by atoms with Gasteiger partial charge in [0, 0.05) is 23.3 Å². The van der Waals surface area contributed by atoms with E-state index in [1.54, 1.807) is 18.2 Å². The largest absolute Gasteiger partial charge is 0.489 e. The molecule has 0 amide bonds. The van der Waals surface area contributed by atoms with Gasteiger partial charge in [0.2, 0.25) is 5.95 Å². The number of piperidine rings is 1. The highest BCUT2D eigenvalue weighted by atomic mass is 19.1. The van der Waals surface area contributed by atoms with Crippen molar-refractivity contribution in [3.63, 3.8) is 0 Å². The van der Waals surface area contributed by atoms with Crippen LogP contribution in [0, 0.1) is 17.1 Å². The Balaban J connectivity index is 1.48. The second-order valence-corrected chi connectivity index (χ2v) is 9.76. The van der Waals surface area contributed by atoms with Crippen molar-refractivity contribution in [3.05, 3.63) is 35.8 Å². The van der Waals surface area contributed by atoms with Crippen LogP contribution in [-0.2, 0) is 0 Å². The standard InChI is InChI=1S/C25H33FN6O/c1-5-16(2)33-22-9-8-18(11-17(22)14-27)30-24-28-15-21(26)23(31-24)29-19-12-20-7-6-10-32(20)25(3,4)13-19/h8-9,11,15-16,19-20H,5-7,10,12-13H2,1-4H3,(H2,28,29,30,31). The zero-order chi connectivity index (χ0) is 23.6. The van der Waals surface area contributed by atoms with Gasteiger partial charge in [0.05, 0.1) is 17.9 Å². The second kappa shape index (κ2) is 9.52. The number of ether oxygens (including phenoxy) is 1. The Labute approximate surface area is 195 Å². The first-order valence-electron chi connectivity index (χ1n) is 11.8. The number of fused-ring (bicyclic) bond motifs is 1. The summed E-state index contributed by atoms with van der Waals surface area (Å²) in [5.74, 6) is 0.552. The molecule has 7 nitrogen and oxygen atoms in total. The molecule has 0 aliphatic carbocycles. The van der Waals surface area contributed by atoms with Crippen molar-refractivity contribution >= 4 is 17.5 Å². The maximum absolute atomic E-state index is 14.6. The maximum Gasteiger partial charge on any atom is 0.229 e. The quantitative estimate of drug-likeness (QED) is 0.595. The van der Waals surface area contributed by atoms with E-state index < -0.39 is 5.82 Å². The molecule has 0 radical (unpaired) electrons. The van der Waals surface area contributed by atoms with Gasteiger partial charge in [-0.05, 0) is 77.6 Å². The summed E-state index contributed by atoms with van der Waals surface area (Å²) >= 11 is 0. The Hall–Kier alpha value is -2.92. The number of hydrogen-bond donors (Lipinski definition) is 2. The number of rotatable bonds is 7. The van der Waals surface area contributed by atoms with Crippen molar-refractivity contribution in [2.45, 2.75) is 83.5 Å². The number of benzene rings is 1. The van der Waals surface area contributed by atoms with Crippen LogP contribution in [0.15, 0.2) is 24.4 Å². The van der Waals surface area contributed by atoms with Crippen LogP contribution in [-0.4, -0.2) is 45.1 Å². The molecule has 1 aromatic carbocycles. The maximum atomic E-state index is 14.6. The third kappa shape index (κ3) is 5.19. The van der Waals surface area contributed by atoms with Crippen LogP contribution >= 0.6 is 0 Å². The van der Waals surface area contributed by atoms with Gasteiger partial charge in [-0.2, -0.15) is 10.2 Å². The molecule has 3 atom stereocenters. The third-order valence-corrected chi connectivity index (χ3v) is 6.80. The molecule has 2 aromatic rings. The molecule has 1 aromatic heterocycles. The van der Waals surface area contributed by atoms with Crippen molar-refractivity contribution in [2.24, 2.45) is 0 Å². The minimum Gasteiger partial charge on any atom is -0.489 e. The minimum atomic E-state index is -0.470. The molecule has 2 fully saturated rings. The second-order valence-electron chi connectivity index (χ2n) is 9.76. The smallest absolute Gasteiger partial charge is 0.229 e. The van der Waals surface area contributed by atoms with Crippen LogP contribution in [0.1, 0.15) is 65.4 Å². The average Bonchev–Trinajstić information content (AvgIpc) is 3.26. The normalized spacial score (nSPS) is 22.8. The molecular weight excluding hydrogens is 419 g/mol. The summed E-state index contributed by atoms with van der Waals surface area (Å²) in [6.45, 7) is 9.67. The molecular formula is C25H33FN6O. The van der Waals surface area contributed by atoms with E-state index in [0.717, 1.165) is 25.8 Å². The molecule has 0 bridgehead atoms. The Morgan fingerprint density at radius 1 is 1.39 bits per heavy atom. The Bertz CT molecular complexity index is 1040. The molecule has 8 heteroatoms. The number of nitriles is 1. The summed E-state index contributed by atoms with van der Waals surface area (Å²) < 4.78 is 20.4. The van der Waals surface area contributed by atoms with Crippen LogP contribution in [0.5, 0.6) is 5.75 Å². The topological polar surface area (TPSA) is 86.1 Å². The highest BCUT2D eigenvalue weighted by Crippen LogP contribution is 2.38. The lowest BCUT2D eigenvalue weighted by atomic mass is 9.84. The van der Waals surface area contributed by atoms with Crippen molar-refractivity contribution in [1.29, 1.82) is 5.26 Å². The molecule has 0 spiro atoms. The van der Waals surface area contributed by atoms with Gasteiger partial charge in [-0.3, -0.25) is 4.90 Å². The van der Waals surface area contributed by atoms with E-state index in [1.807, 2.05) is 13.8 Å². The van der Waals surface area contributed by atoms with E-state index in [-0.39, 0.29) is 29.5 Å². The molecule has 2 saturated heterocycles. The molecule has 176 valence electrons. The third-order valence-electron chi connectivity index (χ3n) is 6.80. The fourth-order valence-corrected chi connectivity index (χ4v) is 5.07. The number of nitrogens with one attached hydrogen (secondary N) is 2. The number of hydrogen-bond acceptors (Lipinski definition) is 7. The fourth-order valence-electron chi connectivity index (χ4n) is 5.07. The van der Waals surface area contributed by atoms with Gasteiger partial charge in [0.15, 0.2) is 11.6 Å². The van der Waals surface area contributed by atoms with Gasteiger partial charge in [-0.15, -0.1) is 0 Å². The van der Waals surface area contributed by atoms with E-state index in [1.165, 1.54) is 19.0 Å². The summed E-state index contributed by atoms with van der Waals surface area (Å²) in [4.78, 5) is 11.1. The lowest BCUT2D eigenvalue weighted by molar-refractivity contribution is 0.0500. The summed E-state index contributed by atoms with van der Waals surface area (Å²) in [5, 5.41) is 15.9. The van der Waals surface area contributed by atoms with Crippen LogP contribution in [0.25, 0.3) is 0 Å². The number of aromatic nitrogens is 2. The molecule has 33 heavy (non-hydrogen) atoms. The fraction of sp³-hybridized carbons (Fsp3) is 0.560. The van der Waals surface area contributed by atoms with E-state index in [4.69, 9.17) is 4.74 Å². The van der Waals surface area contributed by atoms with Crippen molar-refractivity contribution in [1.82, 2.24) is 14.9 Å². The SMILES string of the molecule is CCC(C)Oc1ccc(Nc2ncc(F)c(NC3CC4CCCN4C(C)(C)C3)n2)cc1C#N. The molecule has 2 N–H and O–H groups in total. The minimum absolute atomic E-state index is 0.0195. The van der Waals surface area contributed by atoms with Gasteiger partial charge < -0.3 is 15.4 Å². The first kappa shape index (κ1) is 23.2. The predicted molar refractivity (Wildman–Crippen MR) is 127 cm³/mol. The van der Waals surface area contributed by atoms with E-state index >= 15 is 0 Å². The average molecular weight is 453 g/mol. The van der Waals surface area contributed by atoms with Gasteiger partial charge in [-0.1, -0.05) is 6.92 Å². The highest BCUT2D eigenvalue weighted by molar-refractivity contribution is 5.61. The zero-order valence-corrected chi connectivity index (χ0v) is 19.9. The lowest BCUT2D eigenvalue weighted by Crippen LogP contribution is -2.55. The first-order valence-corrected chi connectivity index (χ1v) is 11.8. The predicted octanol–water partition coefficient (Wildman–Crippen LogP) is 5.23. The molecule has 2 aliphatic rings. The summed E-state index contributed by atoms with van der Waals surface area (Å²) in [7, 11) is 0. The van der Waals surface area contributed by atoms with Gasteiger partial charge in [0.25, 0.3) is 0 Å². The van der Waals surface area contributed by atoms with Gasteiger partial charge in [-0.25, -0.2) is 9.37 Å². The number of anilines is 3. The van der Waals surface area contributed by atoms with E-state index in [2.05, 4.69) is 45.4 Å². The number of halogens is 1.